The van der Waals surface area contributed by atoms with Crippen LogP contribution in [0.2, 0.25) is 0 Å². The molecular formula is C18H22N2O4S. The van der Waals surface area contributed by atoms with Crippen LogP contribution in [0.4, 0.5) is 5.69 Å². The number of ether oxygens (including phenoxy) is 1. The number of nitrogens with one attached hydrogen (secondary N) is 1. The summed E-state index contributed by atoms with van der Waals surface area (Å²) >= 11 is 0. The molecule has 6 nitrogen and oxygen atoms in total. The van der Waals surface area contributed by atoms with E-state index in [1.807, 2.05) is 36.4 Å². The van der Waals surface area contributed by atoms with Crippen LogP contribution in [0.1, 0.15) is 13.8 Å². The monoisotopic (exact) mass is 362 g/mol. The van der Waals surface area contributed by atoms with Crippen LogP contribution in [-0.4, -0.2) is 33.2 Å². The molecule has 0 saturated heterocycles. The number of hydrogen-bond acceptors (Lipinski definition) is 4. The predicted molar refractivity (Wildman–Crippen MR) is 98.4 cm³/mol. The van der Waals surface area contributed by atoms with Crippen molar-refractivity contribution in [2.24, 2.45) is 0 Å². The van der Waals surface area contributed by atoms with Crippen LogP contribution in [0.25, 0.3) is 0 Å². The summed E-state index contributed by atoms with van der Waals surface area (Å²) in [6.07, 6.45) is 0. The van der Waals surface area contributed by atoms with E-state index in [2.05, 4.69) is 4.72 Å². The quantitative estimate of drug-likeness (QED) is 0.783. The van der Waals surface area contributed by atoms with Crippen molar-refractivity contribution in [1.29, 1.82) is 0 Å². The fourth-order valence-corrected chi connectivity index (χ4v) is 2.85. The van der Waals surface area contributed by atoms with Gasteiger partial charge in [-0.05, 0) is 31.2 Å². The lowest BCUT2D eigenvalue weighted by Crippen LogP contribution is -2.38. The number of rotatable bonds is 8. The molecule has 25 heavy (non-hydrogen) atoms. The SMILES string of the molecule is CCS(=O)(=O)NCCN(C(C)=O)c1ccccc1Oc1ccccc1. The molecule has 2 aromatic carbocycles. The summed E-state index contributed by atoms with van der Waals surface area (Å²) in [5.74, 6) is 0.994. The van der Waals surface area contributed by atoms with Gasteiger partial charge in [0.05, 0.1) is 11.4 Å². The van der Waals surface area contributed by atoms with E-state index in [0.29, 0.717) is 17.2 Å². The number of amides is 1. The van der Waals surface area contributed by atoms with Gasteiger partial charge in [-0.2, -0.15) is 0 Å². The van der Waals surface area contributed by atoms with Gasteiger partial charge in [0.25, 0.3) is 0 Å². The van der Waals surface area contributed by atoms with Crippen molar-refractivity contribution in [1.82, 2.24) is 4.72 Å². The van der Waals surface area contributed by atoms with Crippen molar-refractivity contribution in [3.63, 3.8) is 0 Å². The topological polar surface area (TPSA) is 75.7 Å². The van der Waals surface area contributed by atoms with Crippen LogP contribution >= 0.6 is 0 Å². The van der Waals surface area contributed by atoms with E-state index < -0.39 is 10.0 Å². The normalized spacial score (nSPS) is 11.1. The molecule has 0 spiro atoms. The molecule has 0 fully saturated rings. The molecule has 1 N–H and O–H groups in total. The number of benzene rings is 2. The Labute approximate surface area is 148 Å². The molecule has 0 unspecified atom stereocenters. The largest absolute Gasteiger partial charge is 0.455 e. The Hall–Kier alpha value is -2.38. The first-order chi connectivity index (χ1) is 11.9. The number of nitrogens with zero attached hydrogens (tertiary/aromatic N) is 1. The third-order valence-electron chi connectivity index (χ3n) is 3.54. The highest BCUT2D eigenvalue weighted by molar-refractivity contribution is 7.89. The van der Waals surface area contributed by atoms with Crippen molar-refractivity contribution in [3.8, 4) is 11.5 Å². The lowest BCUT2D eigenvalue weighted by molar-refractivity contribution is -0.116. The fraction of sp³-hybridized carbons (Fsp3) is 0.278. The van der Waals surface area contributed by atoms with Crippen molar-refractivity contribution < 1.29 is 17.9 Å². The van der Waals surface area contributed by atoms with Gasteiger partial charge in [0.1, 0.15) is 5.75 Å². The van der Waals surface area contributed by atoms with E-state index >= 15 is 0 Å². The van der Waals surface area contributed by atoms with E-state index in [1.54, 1.807) is 25.1 Å². The minimum absolute atomic E-state index is 0.000771. The summed E-state index contributed by atoms with van der Waals surface area (Å²) in [6, 6.07) is 16.4. The smallest absolute Gasteiger partial charge is 0.224 e. The summed E-state index contributed by atoms with van der Waals surface area (Å²) < 4.78 is 31.5. The van der Waals surface area contributed by atoms with E-state index in [-0.39, 0.29) is 24.7 Å². The Balaban J connectivity index is 2.19. The van der Waals surface area contributed by atoms with E-state index in [9.17, 15) is 13.2 Å². The van der Waals surface area contributed by atoms with Crippen molar-refractivity contribution in [2.45, 2.75) is 13.8 Å². The van der Waals surface area contributed by atoms with E-state index in [1.165, 1.54) is 11.8 Å². The Morgan fingerprint density at radius 2 is 1.72 bits per heavy atom. The second-order valence-electron chi connectivity index (χ2n) is 5.35. The van der Waals surface area contributed by atoms with E-state index in [4.69, 9.17) is 4.74 Å². The molecule has 0 aliphatic rings. The number of sulfonamides is 1. The van der Waals surface area contributed by atoms with Crippen molar-refractivity contribution in [2.75, 3.05) is 23.7 Å². The molecule has 0 aromatic heterocycles. The van der Waals surface area contributed by atoms with Crippen LogP contribution in [0.3, 0.4) is 0 Å². The maximum absolute atomic E-state index is 12.1. The summed E-state index contributed by atoms with van der Waals surface area (Å²) in [5.41, 5.74) is 0.592. The van der Waals surface area contributed by atoms with Gasteiger partial charge in [-0.15, -0.1) is 0 Å². The van der Waals surface area contributed by atoms with Gasteiger partial charge in [-0.25, -0.2) is 13.1 Å². The lowest BCUT2D eigenvalue weighted by Gasteiger charge is -2.24. The van der Waals surface area contributed by atoms with Crippen LogP contribution in [0.5, 0.6) is 11.5 Å². The molecule has 0 aliphatic carbocycles. The lowest BCUT2D eigenvalue weighted by atomic mass is 10.2. The zero-order valence-corrected chi connectivity index (χ0v) is 15.1. The van der Waals surface area contributed by atoms with Crippen LogP contribution < -0.4 is 14.4 Å². The first kappa shape index (κ1) is 19.0. The van der Waals surface area contributed by atoms with Crippen molar-refractivity contribution >= 4 is 21.6 Å². The third-order valence-corrected chi connectivity index (χ3v) is 4.95. The third kappa shape index (κ3) is 5.58. The molecular weight excluding hydrogens is 340 g/mol. The highest BCUT2D eigenvalue weighted by Crippen LogP contribution is 2.32. The summed E-state index contributed by atoms with van der Waals surface area (Å²) in [4.78, 5) is 13.6. The predicted octanol–water partition coefficient (Wildman–Crippen LogP) is 2.77. The van der Waals surface area contributed by atoms with Crippen LogP contribution in [0.15, 0.2) is 54.6 Å². The molecule has 0 radical (unpaired) electrons. The van der Waals surface area contributed by atoms with Gasteiger partial charge < -0.3 is 9.64 Å². The van der Waals surface area contributed by atoms with Gasteiger partial charge in [0.15, 0.2) is 5.75 Å². The maximum atomic E-state index is 12.1. The molecule has 0 bridgehead atoms. The minimum Gasteiger partial charge on any atom is -0.455 e. The Morgan fingerprint density at radius 3 is 2.36 bits per heavy atom. The standard InChI is InChI=1S/C18H22N2O4S/c1-3-25(22,23)19-13-14-20(15(2)21)17-11-7-8-12-18(17)24-16-9-5-4-6-10-16/h4-12,19H,3,13-14H2,1-2H3. The molecule has 0 atom stereocenters. The first-order valence-electron chi connectivity index (χ1n) is 8.00. The molecule has 134 valence electrons. The second kappa shape index (κ2) is 8.64. The molecule has 7 heteroatoms. The number of para-hydroxylation sites is 3. The van der Waals surface area contributed by atoms with Crippen LogP contribution in [-0.2, 0) is 14.8 Å². The number of anilines is 1. The fourth-order valence-electron chi connectivity index (χ4n) is 2.24. The molecule has 0 aliphatic heterocycles. The van der Waals surface area contributed by atoms with Gasteiger partial charge in [-0.3, -0.25) is 4.79 Å². The number of hydrogen-bond donors (Lipinski definition) is 1. The first-order valence-corrected chi connectivity index (χ1v) is 9.65. The van der Waals surface area contributed by atoms with Gasteiger partial charge >= 0.3 is 0 Å². The number of carbonyl (C=O) groups excluding carboxylic acids is 1. The average molecular weight is 362 g/mol. The average Bonchev–Trinajstić information content (AvgIpc) is 2.60. The van der Waals surface area contributed by atoms with Gasteiger partial charge in [0.2, 0.25) is 15.9 Å². The molecule has 0 heterocycles. The van der Waals surface area contributed by atoms with Crippen molar-refractivity contribution in [3.05, 3.63) is 54.6 Å². The van der Waals surface area contributed by atoms with Gasteiger partial charge in [0, 0.05) is 20.0 Å². The highest BCUT2D eigenvalue weighted by atomic mass is 32.2. The highest BCUT2D eigenvalue weighted by Gasteiger charge is 2.17. The zero-order valence-electron chi connectivity index (χ0n) is 14.3. The Bertz CT molecular complexity index is 807. The molecule has 0 saturated carbocycles. The van der Waals surface area contributed by atoms with E-state index in [0.717, 1.165) is 0 Å². The molecule has 1 amide bonds. The molecule has 2 rings (SSSR count). The Kier molecular flexibility index (Phi) is 6.55. The Morgan fingerprint density at radius 1 is 1.08 bits per heavy atom. The second-order valence-corrected chi connectivity index (χ2v) is 7.45. The van der Waals surface area contributed by atoms with Crippen LogP contribution in [0, 0.1) is 0 Å². The summed E-state index contributed by atoms with van der Waals surface area (Å²) in [6.45, 7) is 3.35. The van der Waals surface area contributed by atoms with Gasteiger partial charge in [-0.1, -0.05) is 30.3 Å². The summed E-state index contributed by atoms with van der Waals surface area (Å²) in [5, 5.41) is 0. The summed E-state index contributed by atoms with van der Waals surface area (Å²) in [7, 11) is -3.30. The maximum Gasteiger partial charge on any atom is 0.224 e. The number of carbonyl (C=O) groups is 1. The zero-order chi connectivity index (χ0) is 18.3. The minimum atomic E-state index is -3.30. The molecule has 2 aromatic rings.